The van der Waals surface area contributed by atoms with E-state index >= 15 is 0 Å². The Morgan fingerprint density at radius 3 is 2.76 bits per heavy atom. The summed E-state index contributed by atoms with van der Waals surface area (Å²) in [6.07, 6.45) is 1.04. The van der Waals surface area contributed by atoms with Gasteiger partial charge < -0.3 is 14.4 Å². The molecule has 1 aliphatic rings. The molecule has 0 aromatic heterocycles. The van der Waals surface area contributed by atoms with Gasteiger partial charge in [-0.15, -0.1) is 0 Å². The van der Waals surface area contributed by atoms with E-state index in [2.05, 4.69) is 12.1 Å². The fourth-order valence-corrected chi connectivity index (χ4v) is 3.03. The molecule has 2 aromatic carbocycles. The molecule has 3 rings (SSSR count). The van der Waals surface area contributed by atoms with E-state index in [1.54, 1.807) is 4.90 Å². The van der Waals surface area contributed by atoms with Crippen molar-refractivity contribution in [2.45, 2.75) is 6.42 Å². The third kappa shape index (κ3) is 3.67. The van der Waals surface area contributed by atoms with E-state index in [9.17, 15) is 0 Å². The Kier molecular flexibility index (Phi) is 4.96. The van der Waals surface area contributed by atoms with Gasteiger partial charge in [0.05, 0.1) is 31.4 Å². The number of hydrogen-bond acceptors (Lipinski definition) is 2. The highest BCUT2D eigenvalue weighted by Crippen LogP contribution is 2.32. The Labute approximate surface area is 130 Å². The first-order chi connectivity index (χ1) is 10.3. The zero-order chi connectivity index (χ0) is 14.5. The third-order valence-corrected chi connectivity index (χ3v) is 4.35. The molecule has 1 aliphatic heterocycles. The maximum absolute atomic E-state index is 6.42. The highest BCUT2D eigenvalue weighted by atomic mass is 35.5. The zero-order valence-corrected chi connectivity index (χ0v) is 12.9. The number of benzene rings is 2. The Balaban J connectivity index is 1.54. The molecule has 112 valence electrons. The summed E-state index contributed by atoms with van der Waals surface area (Å²) < 4.78 is 11.2. The molecular weight excluding hydrogens is 286 g/mol. The van der Waals surface area contributed by atoms with Crippen molar-refractivity contribution >= 4 is 22.4 Å². The highest BCUT2D eigenvalue weighted by molar-refractivity contribution is 6.37. The van der Waals surface area contributed by atoms with Gasteiger partial charge in [-0.2, -0.15) is 0 Å². The van der Waals surface area contributed by atoms with Crippen molar-refractivity contribution in [2.75, 3.05) is 39.5 Å². The summed E-state index contributed by atoms with van der Waals surface area (Å²) in [5.74, 6) is 0.785. The quantitative estimate of drug-likeness (QED) is 0.856. The van der Waals surface area contributed by atoms with E-state index in [4.69, 9.17) is 21.1 Å². The molecule has 4 heteroatoms. The smallest absolute Gasteiger partial charge is 0.138 e. The second kappa shape index (κ2) is 7.12. The molecule has 1 fully saturated rings. The molecule has 0 atom stereocenters. The molecule has 3 nitrogen and oxygen atoms in total. The minimum Gasteiger partial charge on any atom is -0.492 e. The van der Waals surface area contributed by atoms with Gasteiger partial charge in [0, 0.05) is 11.8 Å². The monoisotopic (exact) mass is 306 g/mol. The van der Waals surface area contributed by atoms with E-state index in [1.807, 2.05) is 24.3 Å². The predicted molar refractivity (Wildman–Crippen MR) is 85.5 cm³/mol. The summed E-state index contributed by atoms with van der Waals surface area (Å²) in [5, 5.41) is 2.91. The van der Waals surface area contributed by atoms with Crippen LogP contribution in [0.15, 0.2) is 36.4 Å². The zero-order valence-electron chi connectivity index (χ0n) is 12.1. The van der Waals surface area contributed by atoms with Gasteiger partial charge >= 0.3 is 0 Å². The maximum atomic E-state index is 6.42. The molecule has 21 heavy (non-hydrogen) atoms. The van der Waals surface area contributed by atoms with Gasteiger partial charge in [0.1, 0.15) is 18.8 Å². The summed E-state index contributed by atoms with van der Waals surface area (Å²) in [5.41, 5.74) is 0. The van der Waals surface area contributed by atoms with Crippen LogP contribution in [0.3, 0.4) is 0 Å². The number of quaternary nitrogens is 1. The molecule has 0 unspecified atom stereocenters. The van der Waals surface area contributed by atoms with E-state index in [1.165, 1.54) is 0 Å². The van der Waals surface area contributed by atoms with Crippen LogP contribution in [0.4, 0.5) is 0 Å². The molecule has 0 amide bonds. The van der Waals surface area contributed by atoms with Crippen molar-refractivity contribution in [3.8, 4) is 5.75 Å². The van der Waals surface area contributed by atoms with Crippen LogP contribution < -0.4 is 9.64 Å². The standard InChI is InChI=1S/C17H20ClNO2/c18-17-15-5-2-1-4-14(15)6-7-16(17)21-11-3-8-19-9-12-20-13-10-19/h1-2,4-7H,3,8-13H2/p+1. The van der Waals surface area contributed by atoms with Crippen molar-refractivity contribution in [1.29, 1.82) is 0 Å². The lowest BCUT2D eigenvalue weighted by Gasteiger charge is -2.23. The number of hydrogen-bond donors (Lipinski definition) is 1. The first kappa shape index (κ1) is 14.6. The minimum absolute atomic E-state index is 0.711. The topological polar surface area (TPSA) is 22.9 Å². The largest absolute Gasteiger partial charge is 0.492 e. The van der Waals surface area contributed by atoms with Crippen LogP contribution in [0, 0.1) is 0 Å². The van der Waals surface area contributed by atoms with Crippen molar-refractivity contribution in [1.82, 2.24) is 0 Å². The molecule has 0 spiro atoms. The number of morpholine rings is 1. The van der Waals surface area contributed by atoms with Gasteiger partial charge in [-0.3, -0.25) is 0 Å². The van der Waals surface area contributed by atoms with Crippen LogP contribution >= 0.6 is 11.6 Å². The van der Waals surface area contributed by atoms with E-state index in [0.717, 1.165) is 55.8 Å². The first-order valence-electron chi connectivity index (χ1n) is 7.56. The lowest BCUT2D eigenvalue weighted by atomic mass is 10.1. The van der Waals surface area contributed by atoms with Crippen LogP contribution in [0.1, 0.15) is 6.42 Å². The normalized spacial score (nSPS) is 16.2. The van der Waals surface area contributed by atoms with Crippen molar-refractivity contribution in [2.24, 2.45) is 0 Å². The van der Waals surface area contributed by atoms with Crippen LogP contribution in [0.2, 0.25) is 5.02 Å². The molecule has 1 heterocycles. The van der Waals surface area contributed by atoms with Crippen molar-refractivity contribution in [3.05, 3.63) is 41.4 Å². The second-order valence-corrected chi connectivity index (χ2v) is 5.79. The molecule has 0 radical (unpaired) electrons. The Morgan fingerprint density at radius 1 is 1.10 bits per heavy atom. The maximum Gasteiger partial charge on any atom is 0.138 e. The Morgan fingerprint density at radius 2 is 1.90 bits per heavy atom. The lowest BCUT2D eigenvalue weighted by Crippen LogP contribution is -3.14. The summed E-state index contributed by atoms with van der Waals surface area (Å²) in [4.78, 5) is 1.61. The average molecular weight is 307 g/mol. The molecule has 0 bridgehead atoms. The van der Waals surface area contributed by atoms with E-state index in [-0.39, 0.29) is 0 Å². The van der Waals surface area contributed by atoms with E-state index < -0.39 is 0 Å². The Hall–Kier alpha value is -1.29. The summed E-state index contributed by atoms with van der Waals surface area (Å²) in [6.45, 7) is 5.82. The second-order valence-electron chi connectivity index (χ2n) is 5.41. The van der Waals surface area contributed by atoms with Crippen LogP contribution in [0.25, 0.3) is 10.8 Å². The lowest BCUT2D eigenvalue weighted by molar-refractivity contribution is -0.908. The number of ether oxygens (including phenoxy) is 2. The van der Waals surface area contributed by atoms with Gasteiger partial charge in [-0.1, -0.05) is 41.9 Å². The fourth-order valence-electron chi connectivity index (χ4n) is 2.74. The SMILES string of the molecule is Clc1c(OCCC[NH+]2CCOCC2)ccc2ccccc12. The highest BCUT2D eigenvalue weighted by Gasteiger charge is 2.13. The van der Waals surface area contributed by atoms with E-state index in [0.29, 0.717) is 11.6 Å². The van der Waals surface area contributed by atoms with Gasteiger partial charge in [0.2, 0.25) is 0 Å². The van der Waals surface area contributed by atoms with Gasteiger partial charge in [0.25, 0.3) is 0 Å². The van der Waals surface area contributed by atoms with Crippen molar-refractivity contribution in [3.63, 3.8) is 0 Å². The van der Waals surface area contributed by atoms with Gasteiger partial charge in [-0.25, -0.2) is 0 Å². The minimum atomic E-state index is 0.711. The fraction of sp³-hybridized carbons (Fsp3) is 0.412. The van der Waals surface area contributed by atoms with Gasteiger partial charge in [0.15, 0.2) is 0 Å². The Bertz CT molecular complexity index is 596. The molecular formula is C17H21ClNO2+. The summed E-state index contributed by atoms with van der Waals surface area (Å²) >= 11 is 6.42. The first-order valence-corrected chi connectivity index (χ1v) is 7.94. The number of rotatable bonds is 5. The molecule has 1 N–H and O–H groups in total. The average Bonchev–Trinajstić information content (AvgIpc) is 2.55. The van der Waals surface area contributed by atoms with Crippen LogP contribution in [-0.4, -0.2) is 39.5 Å². The number of nitrogens with one attached hydrogen (secondary N) is 1. The molecule has 1 saturated heterocycles. The number of halogens is 1. The summed E-state index contributed by atoms with van der Waals surface area (Å²) in [6, 6.07) is 12.1. The molecule has 0 saturated carbocycles. The summed E-state index contributed by atoms with van der Waals surface area (Å²) in [7, 11) is 0. The third-order valence-electron chi connectivity index (χ3n) is 3.96. The predicted octanol–water partition coefficient (Wildman–Crippen LogP) is 2.18. The molecule has 0 aliphatic carbocycles. The van der Waals surface area contributed by atoms with Crippen LogP contribution in [0.5, 0.6) is 5.75 Å². The van der Waals surface area contributed by atoms with Crippen molar-refractivity contribution < 1.29 is 14.4 Å². The number of fused-ring (bicyclic) bond motifs is 1. The van der Waals surface area contributed by atoms with Gasteiger partial charge in [-0.05, 0) is 11.5 Å². The molecule has 2 aromatic rings. The van der Waals surface area contributed by atoms with Crippen LogP contribution in [-0.2, 0) is 4.74 Å².